The van der Waals surface area contributed by atoms with E-state index in [1.165, 1.54) is 5.39 Å². The zero-order valence-electron chi connectivity index (χ0n) is 12.1. The van der Waals surface area contributed by atoms with E-state index in [0.717, 1.165) is 34.4 Å². The molecule has 0 atom stereocenters. The summed E-state index contributed by atoms with van der Waals surface area (Å²) in [6, 6.07) is 14.6. The fourth-order valence-electron chi connectivity index (χ4n) is 2.92. The summed E-state index contributed by atoms with van der Waals surface area (Å²) in [7, 11) is 0. The van der Waals surface area contributed by atoms with Gasteiger partial charge in [-0.15, -0.1) is 0 Å². The Morgan fingerprint density at radius 1 is 1.09 bits per heavy atom. The van der Waals surface area contributed by atoms with E-state index in [1.54, 1.807) is 4.90 Å². The quantitative estimate of drug-likeness (QED) is 0.737. The molecule has 0 unspecified atom stereocenters. The van der Waals surface area contributed by atoms with Crippen LogP contribution in [0.2, 0.25) is 0 Å². The van der Waals surface area contributed by atoms with Crippen molar-refractivity contribution in [3.8, 4) is 16.9 Å². The second-order valence-corrected chi connectivity index (χ2v) is 5.53. The summed E-state index contributed by atoms with van der Waals surface area (Å²) in [6.45, 7) is 1.77. The number of nitrogens with one attached hydrogen (secondary N) is 1. The number of carbonyl (C=O) groups excluding carboxylic acids is 1. The Morgan fingerprint density at radius 2 is 1.95 bits per heavy atom. The highest BCUT2D eigenvalue weighted by molar-refractivity contribution is 5.85. The first kappa shape index (κ1) is 13.0. The van der Waals surface area contributed by atoms with Crippen LogP contribution in [-0.2, 0) is 11.3 Å². The lowest BCUT2D eigenvalue weighted by molar-refractivity contribution is -0.118. The Bertz CT molecular complexity index is 838. The van der Waals surface area contributed by atoms with E-state index in [-0.39, 0.29) is 0 Å². The van der Waals surface area contributed by atoms with Crippen LogP contribution in [0.4, 0.5) is 0 Å². The van der Waals surface area contributed by atoms with E-state index >= 15 is 0 Å². The lowest BCUT2D eigenvalue weighted by atomic mass is 10.0. The number of nitrogens with zero attached hydrogens (tertiary/aromatic N) is 1. The van der Waals surface area contributed by atoms with Crippen LogP contribution in [0.5, 0.6) is 5.75 Å². The van der Waals surface area contributed by atoms with Crippen LogP contribution in [0.1, 0.15) is 5.56 Å². The minimum atomic E-state index is 0.542. The number of aromatic nitrogens is 1. The van der Waals surface area contributed by atoms with Gasteiger partial charge in [-0.25, -0.2) is 0 Å². The van der Waals surface area contributed by atoms with Gasteiger partial charge < -0.3 is 14.6 Å². The molecular weight excluding hydrogens is 276 g/mol. The van der Waals surface area contributed by atoms with E-state index < -0.39 is 0 Å². The van der Waals surface area contributed by atoms with Crippen LogP contribution in [0, 0.1) is 0 Å². The molecule has 0 bridgehead atoms. The maximum Gasteiger partial charge on any atom is 0.210 e. The number of aromatic amines is 1. The van der Waals surface area contributed by atoms with Crippen LogP contribution in [0.3, 0.4) is 0 Å². The molecule has 22 heavy (non-hydrogen) atoms. The molecule has 0 spiro atoms. The summed E-state index contributed by atoms with van der Waals surface area (Å²) >= 11 is 0. The van der Waals surface area contributed by atoms with Gasteiger partial charge in [-0.3, -0.25) is 4.79 Å². The zero-order valence-corrected chi connectivity index (χ0v) is 12.1. The van der Waals surface area contributed by atoms with Gasteiger partial charge in [0.2, 0.25) is 6.41 Å². The SMILES string of the molecule is O=CN1CCOc2ccc(-c3ccc4[nH]ccc4c3)cc2C1. The van der Waals surface area contributed by atoms with Gasteiger partial charge in [-0.1, -0.05) is 12.1 Å². The monoisotopic (exact) mass is 292 g/mol. The third-order valence-electron chi connectivity index (χ3n) is 4.11. The van der Waals surface area contributed by atoms with Crippen LogP contribution in [0.25, 0.3) is 22.0 Å². The molecule has 4 heteroatoms. The first-order valence-electron chi connectivity index (χ1n) is 7.36. The number of benzene rings is 2. The average molecular weight is 292 g/mol. The predicted molar refractivity (Wildman–Crippen MR) is 85.7 cm³/mol. The number of ether oxygens (including phenoxy) is 1. The highest BCUT2D eigenvalue weighted by Crippen LogP contribution is 2.30. The van der Waals surface area contributed by atoms with Gasteiger partial charge in [0, 0.05) is 23.8 Å². The van der Waals surface area contributed by atoms with E-state index in [4.69, 9.17) is 4.74 Å². The highest BCUT2D eigenvalue weighted by atomic mass is 16.5. The summed E-state index contributed by atoms with van der Waals surface area (Å²) < 4.78 is 5.72. The average Bonchev–Trinajstić information content (AvgIpc) is 2.92. The van der Waals surface area contributed by atoms with Crippen LogP contribution in [-0.4, -0.2) is 29.4 Å². The van der Waals surface area contributed by atoms with Crippen LogP contribution >= 0.6 is 0 Å². The normalized spacial score (nSPS) is 14.3. The predicted octanol–water partition coefficient (Wildman–Crippen LogP) is 3.19. The largest absolute Gasteiger partial charge is 0.491 e. The van der Waals surface area contributed by atoms with Crippen molar-refractivity contribution in [3.63, 3.8) is 0 Å². The minimum Gasteiger partial charge on any atom is -0.491 e. The molecule has 0 aliphatic carbocycles. The molecule has 0 saturated heterocycles. The van der Waals surface area contributed by atoms with Gasteiger partial charge >= 0.3 is 0 Å². The number of H-pyrrole nitrogens is 1. The number of carbonyl (C=O) groups is 1. The third kappa shape index (κ3) is 2.22. The van der Waals surface area contributed by atoms with Crippen LogP contribution in [0.15, 0.2) is 48.7 Å². The van der Waals surface area contributed by atoms with Crippen molar-refractivity contribution in [3.05, 3.63) is 54.2 Å². The maximum absolute atomic E-state index is 11.1. The molecule has 4 nitrogen and oxygen atoms in total. The molecule has 110 valence electrons. The molecule has 2 heterocycles. The summed E-state index contributed by atoms with van der Waals surface area (Å²) in [5, 5.41) is 1.19. The highest BCUT2D eigenvalue weighted by Gasteiger charge is 2.14. The Labute approximate surface area is 128 Å². The van der Waals surface area contributed by atoms with Gasteiger partial charge in [0.1, 0.15) is 12.4 Å². The maximum atomic E-state index is 11.1. The van der Waals surface area contributed by atoms with Crippen molar-refractivity contribution in [2.75, 3.05) is 13.2 Å². The summed E-state index contributed by atoms with van der Waals surface area (Å²) in [4.78, 5) is 16.0. The van der Waals surface area contributed by atoms with E-state index in [1.807, 2.05) is 12.3 Å². The van der Waals surface area contributed by atoms with Gasteiger partial charge in [-0.05, 0) is 46.8 Å². The van der Waals surface area contributed by atoms with E-state index in [9.17, 15) is 4.79 Å². The molecule has 2 aromatic carbocycles. The Kier molecular flexibility index (Phi) is 3.07. The second kappa shape index (κ2) is 5.22. The molecule has 3 aromatic rings. The van der Waals surface area contributed by atoms with E-state index in [2.05, 4.69) is 41.4 Å². The molecular formula is C18H16N2O2. The van der Waals surface area contributed by atoms with Crippen molar-refractivity contribution >= 4 is 17.3 Å². The summed E-state index contributed by atoms with van der Waals surface area (Å²) in [5.74, 6) is 0.871. The van der Waals surface area contributed by atoms with Crippen molar-refractivity contribution in [2.24, 2.45) is 0 Å². The number of hydrogen-bond acceptors (Lipinski definition) is 2. The van der Waals surface area contributed by atoms with Gasteiger partial charge in [0.05, 0.1) is 6.54 Å². The molecule has 1 aliphatic heterocycles. The van der Waals surface area contributed by atoms with Crippen molar-refractivity contribution in [2.45, 2.75) is 6.54 Å². The van der Waals surface area contributed by atoms with Crippen molar-refractivity contribution in [1.82, 2.24) is 9.88 Å². The number of rotatable bonds is 2. The van der Waals surface area contributed by atoms with Crippen molar-refractivity contribution < 1.29 is 9.53 Å². The molecule has 1 aromatic heterocycles. The standard InChI is InChI=1S/C18H16N2O2/c21-12-20-7-8-22-18-4-2-14(10-16(18)11-20)13-1-3-17-15(9-13)5-6-19-17/h1-6,9-10,12,19H,7-8,11H2. The fourth-order valence-corrected chi connectivity index (χ4v) is 2.92. The lowest BCUT2D eigenvalue weighted by Crippen LogP contribution is -2.23. The molecule has 0 radical (unpaired) electrons. The first-order chi connectivity index (χ1) is 10.8. The fraction of sp³-hybridized carbons (Fsp3) is 0.167. The third-order valence-corrected chi connectivity index (χ3v) is 4.11. The van der Waals surface area contributed by atoms with Crippen LogP contribution < -0.4 is 4.74 Å². The van der Waals surface area contributed by atoms with Crippen molar-refractivity contribution in [1.29, 1.82) is 0 Å². The molecule has 1 aliphatic rings. The smallest absolute Gasteiger partial charge is 0.210 e. The minimum absolute atomic E-state index is 0.542. The topological polar surface area (TPSA) is 45.3 Å². The molecule has 1 amide bonds. The van der Waals surface area contributed by atoms with Gasteiger partial charge in [0.15, 0.2) is 0 Å². The first-order valence-corrected chi connectivity index (χ1v) is 7.36. The number of fused-ring (bicyclic) bond motifs is 2. The summed E-state index contributed by atoms with van der Waals surface area (Å²) in [6.07, 6.45) is 2.83. The molecule has 0 fully saturated rings. The zero-order chi connectivity index (χ0) is 14.9. The van der Waals surface area contributed by atoms with Gasteiger partial charge in [-0.2, -0.15) is 0 Å². The Balaban J connectivity index is 1.76. The van der Waals surface area contributed by atoms with Gasteiger partial charge in [0.25, 0.3) is 0 Å². The lowest BCUT2D eigenvalue weighted by Gasteiger charge is -2.13. The number of hydrogen-bond donors (Lipinski definition) is 1. The van der Waals surface area contributed by atoms with E-state index in [0.29, 0.717) is 19.7 Å². The Hall–Kier alpha value is -2.75. The molecule has 4 rings (SSSR count). The molecule has 0 saturated carbocycles. The molecule has 1 N–H and O–H groups in total. The Morgan fingerprint density at radius 3 is 2.86 bits per heavy atom. The number of amides is 1. The second-order valence-electron chi connectivity index (χ2n) is 5.53. The summed E-state index contributed by atoms with van der Waals surface area (Å²) in [5.41, 5.74) is 4.49.